The Morgan fingerprint density at radius 1 is 1.15 bits per heavy atom. The molecule has 0 aliphatic carbocycles. The third kappa shape index (κ3) is 3.62. The minimum Gasteiger partial charge on any atom is -0.389 e. The van der Waals surface area contributed by atoms with Gasteiger partial charge in [-0.2, -0.15) is 0 Å². The van der Waals surface area contributed by atoms with Gasteiger partial charge in [-0.05, 0) is 37.1 Å². The summed E-state index contributed by atoms with van der Waals surface area (Å²) in [4.78, 5) is 2.20. The van der Waals surface area contributed by atoms with Crippen LogP contribution in [0.25, 0.3) is 0 Å². The zero-order valence-corrected chi connectivity index (χ0v) is 13.7. The minimum atomic E-state index is -0.458. The molecule has 0 spiro atoms. The van der Waals surface area contributed by atoms with Crippen LogP contribution >= 0.6 is 15.9 Å². The maximum absolute atomic E-state index is 9.65. The minimum absolute atomic E-state index is 0.458. The molecule has 0 fully saturated rings. The molecule has 0 radical (unpaired) electrons. The first kappa shape index (κ1) is 15.1. The van der Waals surface area contributed by atoms with E-state index in [4.69, 9.17) is 0 Å². The molecule has 0 bridgehead atoms. The number of anilines is 1. The van der Waals surface area contributed by atoms with Gasteiger partial charge in [-0.1, -0.05) is 51.8 Å². The Balaban J connectivity index is 2.15. The lowest BCUT2D eigenvalue weighted by molar-refractivity contribution is 0.198. The molecule has 2 aromatic rings. The van der Waals surface area contributed by atoms with Crippen LogP contribution in [-0.4, -0.2) is 12.2 Å². The van der Waals surface area contributed by atoms with E-state index in [1.54, 1.807) is 6.92 Å². The highest BCUT2D eigenvalue weighted by Crippen LogP contribution is 2.28. The topological polar surface area (TPSA) is 23.5 Å². The van der Waals surface area contributed by atoms with E-state index in [-0.39, 0.29) is 0 Å². The lowest BCUT2D eigenvalue weighted by atomic mass is 10.1. The first-order chi connectivity index (χ1) is 9.47. The predicted molar refractivity (Wildman–Crippen MR) is 88.1 cm³/mol. The van der Waals surface area contributed by atoms with E-state index in [9.17, 15) is 5.11 Å². The van der Waals surface area contributed by atoms with Gasteiger partial charge in [-0.3, -0.25) is 0 Å². The highest BCUT2D eigenvalue weighted by Gasteiger charge is 2.09. The molecule has 0 amide bonds. The molecule has 20 heavy (non-hydrogen) atoms. The van der Waals surface area contributed by atoms with Crippen LogP contribution in [0.5, 0.6) is 0 Å². The van der Waals surface area contributed by atoms with Crippen LogP contribution in [0.15, 0.2) is 46.9 Å². The number of rotatable bonds is 4. The largest absolute Gasteiger partial charge is 0.389 e. The van der Waals surface area contributed by atoms with Crippen molar-refractivity contribution in [2.75, 3.05) is 11.9 Å². The molecule has 0 aliphatic heterocycles. The first-order valence-corrected chi connectivity index (χ1v) is 7.51. The second-order valence-electron chi connectivity index (χ2n) is 5.22. The molecule has 2 aromatic carbocycles. The number of hydrogen-bond acceptors (Lipinski definition) is 2. The van der Waals surface area contributed by atoms with Gasteiger partial charge < -0.3 is 10.0 Å². The van der Waals surface area contributed by atoms with E-state index in [1.165, 1.54) is 11.1 Å². The second kappa shape index (κ2) is 6.42. The third-order valence-corrected chi connectivity index (χ3v) is 4.10. The van der Waals surface area contributed by atoms with E-state index in [0.717, 1.165) is 22.3 Å². The van der Waals surface area contributed by atoms with E-state index in [1.807, 2.05) is 12.1 Å². The zero-order chi connectivity index (χ0) is 14.7. The number of nitrogens with zero attached hydrogens (tertiary/aromatic N) is 1. The van der Waals surface area contributed by atoms with E-state index >= 15 is 0 Å². The van der Waals surface area contributed by atoms with Gasteiger partial charge in [0.25, 0.3) is 0 Å². The average molecular weight is 334 g/mol. The summed E-state index contributed by atoms with van der Waals surface area (Å²) in [6, 6.07) is 14.6. The van der Waals surface area contributed by atoms with Gasteiger partial charge in [0, 0.05) is 23.8 Å². The molecular formula is C17H20BrNO. The monoisotopic (exact) mass is 333 g/mol. The average Bonchev–Trinajstić information content (AvgIpc) is 2.40. The van der Waals surface area contributed by atoms with Gasteiger partial charge in [-0.15, -0.1) is 0 Å². The van der Waals surface area contributed by atoms with Crippen molar-refractivity contribution in [2.24, 2.45) is 0 Å². The number of halogens is 1. The molecule has 3 heteroatoms. The maximum Gasteiger partial charge on any atom is 0.0772 e. The summed E-state index contributed by atoms with van der Waals surface area (Å²) in [6.07, 6.45) is -0.458. The lowest BCUT2D eigenvalue weighted by Gasteiger charge is -2.21. The molecule has 0 saturated heterocycles. The normalized spacial score (nSPS) is 12.2. The molecule has 0 unspecified atom stereocenters. The van der Waals surface area contributed by atoms with Crippen molar-refractivity contribution in [2.45, 2.75) is 26.5 Å². The van der Waals surface area contributed by atoms with Crippen LogP contribution in [0.2, 0.25) is 0 Å². The smallest absolute Gasteiger partial charge is 0.0772 e. The van der Waals surface area contributed by atoms with Crippen LogP contribution < -0.4 is 4.90 Å². The standard InChI is InChI=1S/C17H20BrNO/c1-12-4-6-14(7-5-12)11-19(3)15-8-9-16(13(2)20)17(18)10-15/h4-10,13,20H,11H2,1-3H3/t13-/m1/s1. The Morgan fingerprint density at radius 2 is 1.80 bits per heavy atom. The zero-order valence-electron chi connectivity index (χ0n) is 12.1. The molecule has 1 N–H and O–H groups in total. The summed E-state index contributed by atoms with van der Waals surface area (Å²) in [7, 11) is 2.07. The van der Waals surface area contributed by atoms with Gasteiger partial charge in [-0.25, -0.2) is 0 Å². The highest BCUT2D eigenvalue weighted by atomic mass is 79.9. The van der Waals surface area contributed by atoms with Gasteiger partial charge >= 0.3 is 0 Å². The molecule has 2 nitrogen and oxygen atoms in total. The molecule has 0 saturated carbocycles. The van der Waals surface area contributed by atoms with E-state index in [2.05, 4.69) is 65.1 Å². The molecule has 106 valence electrons. The summed E-state index contributed by atoms with van der Waals surface area (Å²) >= 11 is 3.52. The van der Waals surface area contributed by atoms with Crippen LogP contribution in [0.1, 0.15) is 29.7 Å². The molecule has 0 aliphatic rings. The van der Waals surface area contributed by atoms with Crippen molar-refractivity contribution in [1.29, 1.82) is 0 Å². The first-order valence-electron chi connectivity index (χ1n) is 6.71. The van der Waals surface area contributed by atoms with Crippen molar-refractivity contribution in [3.05, 3.63) is 63.6 Å². The Labute approximate surface area is 129 Å². The molecule has 0 aromatic heterocycles. The van der Waals surface area contributed by atoms with Crippen molar-refractivity contribution in [3.8, 4) is 0 Å². The van der Waals surface area contributed by atoms with Crippen LogP contribution in [0, 0.1) is 6.92 Å². The van der Waals surface area contributed by atoms with Crippen LogP contribution in [0.4, 0.5) is 5.69 Å². The van der Waals surface area contributed by atoms with Gasteiger partial charge in [0.1, 0.15) is 0 Å². The van der Waals surface area contributed by atoms with Crippen molar-refractivity contribution in [1.82, 2.24) is 0 Å². The van der Waals surface area contributed by atoms with Gasteiger partial charge in [0.2, 0.25) is 0 Å². The van der Waals surface area contributed by atoms with E-state index < -0.39 is 6.10 Å². The van der Waals surface area contributed by atoms with E-state index in [0.29, 0.717) is 0 Å². The Bertz CT molecular complexity index is 578. The summed E-state index contributed by atoms with van der Waals surface area (Å²) in [5.41, 5.74) is 4.61. The Morgan fingerprint density at radius 3 is 2.35 bits per heavy atom. The number of aliphatic hydroxyl groups excluding tert-OH is 1. The SMILES string of the molecule is Cc1ccc(CN(C)c2ccc([C@@H](C)O)c(Br)c2)cc1. The number of benzene rings is 2. The fourth-order valence-electron chi connectivity index (χ4n) is 2.15. The van der Waals surface area contributed by atoms with Gasteiger partial charge in [0.15, 0.2) is 0 Å². The number of aliphatic hydroxyl groups is 1. The van der Waals surface area contributed by atoms with Crippen molar-refractivity contribution in [3.63, 3.8) is 0 Å². The Kier molecular flexibility index (Phi) is 4.84. The summed E-state index contributed by atoms with van der Waals surface area (Å²) in [5, 5.41) is 9.65. The lowest BCUT2D eigenvalue weighted by Crippen LogP contribution is -2.16. The number of hydrogen-bond donors (Lipinski definition) is 1. The quantitative estimate of drug-likeness (QED) is 0.893. The summed E-state index contributed by atoms with van der Waals surface area (Å²) in [6.45, 7) is 4.73. The predicted octanol–water partition coefficient (Wildman–Crippen LogP) is 4.45. The third-order valence-electron chi connectivity index (χ3n) is 3.42. The van der Waals surface area contributed by atoms with Crippen LogP contribution in [-0.2, 0) is 6.54 Å². The fourth-order valence-corrected chi connectivity index (χ4v) is 2.85. The second-order valence-corrected chi connectivity index (χ2v) is 6.08. The Hall–Kier alpha value is -1.32. The van der Waals surface area contributed by atoms with Crippen molar-refractivity contribution >= 4 is 21.6 Å². The summed E-state index contributed by atoms with van der Waals surface area (Å²) in [5.74, 6) is 0. The highest BCUT2D eigenvalue weighted by molar-refractivity contribution is 9.10. The molecule has 2 rings (SSSR count). The summed E-state index contributed by atoms with van der Waals surface area (Å²) < 4.78 is 0.945. The molecule has 0 heterocycles. The number of aryl methyl sites for hydroxylation is 1. The maximum atomic E-state index is 9.65. The molecule has 1 atom stereocenters. The fraction of sp³-hybridized carbons (Fsp3) is 0.294. The molecular weight excluding hydrogens is 314 g/mol. The van der Waals surface area contributed by atoms with Crippen molar-refractivity contribution < 1.29 is 5.11 Å². The van der Waals surface area contributed by atoms with Gasteiger partial charge in [0.05, 0.1) is 6.10 Å². The van der Waals surface area contributed by atoms with Crippen LogP contribution in [0.3, 0.4) is 0 Å².